The van der Waals surface area contributed by atoms with E-state index in [0.29, 0.717) is 23.3 Å². The SMILES string of the molecule is COc1cccc2cc(C(=O)C3=C([O-])C(=O)N(CC[NH+](C)C)C3c3ccccc3F)oc12. The van der Waals surface area contributed by atoms with Crippen molar-refractivity contribution in [3.8, 4) is 5.75 Å². The van der Waals surface area contributed by atoms with Gasteiger partial charge in [0.25, 0.3) is 0 Å². The standard InChI is InChI=1S/C24H23FN2O5/c1-26(2)11-12-27-20(15-8-4-5-9-16(15)25)19(22(29)24(27)30)21(28)18-13-14-7-6-10-17(31-3)23(14)32-18/h4-10,13,20,29H,11-12H2,1-3H3. The lowest BCUT2D eigenvalue weighted by Gasteiger charge is -2.28. The summed E-state index contributed by atoms with van der Waals surface area (Å²) >= 11 is 0. The van der Waals surface area contributed by atoms with Gasteiger partial charge in [0.15, 0.2) is 17.1 Å². The number of hydrogen-bond donors (Lipinski definition) is 1. The number of amides is 1. The Morgan fingerprint density at radius 3 is 2.66 bits per heavy atom. The molecule has 0 saturated carbocycles. The van der Waals surface area contributed by atoms with Crippen LogP contribution in [-0.4, -0.2) is 50.9 Å². The Balaban J connectivity index is 1.82. The highest BCUT2D eigenvalue weighted by Crippen LogP contribution is 2.40. The van der Waals surface area contributed by atoms with Crippen LogP contribution in [0.1, 0.15) is 22.2 Å². The fraction of sp³-hybridized carbons (Fsp3) is 0.250. The van der Waals surface area contributed by atoms with E-state index in [1.165, 1.54) is 36.3 Å². The van der Waals surface area contributed by atoms with E-state index >= 15 is 0 Å². The fourth-order valence-electron chi connectivity index (χ4n) is 3.91. The molecule has 2 aromatic carbocycles. The molecule has 4 rings (SSSR count). The Morgan fingerprint density at radius 1 is 1.22 bits per heavy atom. The van der Waals surface area contributed by atoms with Crippen LogP contribution in [0.15, 0.2) is 64.3 Å². The average Bonchev–Trinajstić information content (AvgIpc) is 3.32. The Kier molecular flexibility index (Phi) is 5.71. The van der Waals surface area contributed by atoms with Gasteiger partial charge >= 0.3 is 0 Å². The molecule has 166 valence electrons. The molecule has 1 N–H and O–H groups in total. The van der Waals surface area contributed by atoms with Crippen LogP contribution >= 0.6 is 0 Å². The van der Waals surface area contributed by atoms with Gasteiger partial charge in [-0.3, -0.25) is 9.59 Å². The van der Waals surface area contributed by atoms with Crippen molar-refractivity contribution >= 4 is 22.7 Å². The monoisotopic (exact) mass is 438 g/mol. The van der Waals surface area contributed by atoms with Crippen molar-refractivity contribution < 1.29 is 33.1 Å². The van der Waals surface area contributed by atoms with Gasteiger partial charge in [-0.15, -0.1) is 0 Å². The molecule has 1 unspecified atom stereocenters. The molecular weight excluding hydrogens is 415 g/mol. The van der Waals surface area contributed by atoms with Gasteiger partial charge in [0.1, 0.15) is 5.82 Å². The number of benzene rings is 2. The number of hydrogen-bond acceptors (Lipinski definition) is 5. The number of furan rings is 1. The number of ether oxygens (including phenoxy) is 1. The van der Waals surface area contributed by atoms with Crippen LogP contribution in [0.5, 0.6) is 5.75 Å². The minimum Gasteiger partial charge on any atom is -0.868 e. The highest BCUT2D eigenvalue weighted by Gasteiger charge is 2.41. The van der Waals surface area contributed by atoms with Crippen LogP contribution in [0, 0.1) is 5.82 Å². The number of carbonyl (C=O) groups excluding carboxylic acids is 2. The maximum absolute atomic E-state index is 14.8. The molecule has 1 aromatic heterocycles. The van der Waals surface area contributed by atoms with Crippen molar-refractivity contribution in [1.82, 2.24) is 4.90 Å². The molecule has 0 saturated heterocycles. The van der Waals surface area contributed by atoms with E-state index in [1.54, 1.807) is 24.3 Å². The average molecular weight is 438 g/mol. The van der Waals surface area contributed by atoms with Gasteiger partial charge in [0.2, 0.25) is 11.7 Å². The zero-order chi connectivity index (χ0) is 23.0. The quantitative estimate of drug-likeness (QED) is 0.559. The number of Topliss-reactive ketones (excluding diaryl/α,β-unsaturated/α-hetero) is 1. The molecule has 3 aromatic rings. The summed E-state index contributed by atoms with van der Waals surface area (Å²) in [5, 5.41) is 13.6. The van der Waals surface area contributed by atoms with Gasteiger partial charge in [0, 0.05) is 16.5 Å². The molecule has 0 radical (unpaired) electrons. The highest BCUT2D eigenvalue weighted by molar-refractivity contribution is 6.16. The van der Waals surface area contributed by atoms with E-state index in [0.717, 1.165) is 4.90 Å². The normalized spacial score (nSPS) is 16.5. The molecule has 1 aliphatic rings. The first-order valence-electron chi connectivity index (χ1n) is 10.2. The summed E-state index contributed by atoms with van der Waals surface area (Å²) in [7, 11) is 5.28. The minimum atomic E-state index is -1.13. The summed E-state index contributed by atoms with van der Waals surface area (Å²) in [5.41, 5.74) is 0.135. The van der Waals surface area contributed by atoms with Crippen LogP contribution in [-0.2, 0) is 4.79 Å². The number of methoxy groups -OCH3 is 1. The Labute approximate surface area is 184 Å². The number of rotatable bonds is 7. The summed E-state index contributed by atoms with van der Waals surface area (Å²) in [6.07, 6.45) is 0. The van der Waals surface area contributed by atoms with Crippen LogP contribution in [0.4, 0.5) is 4.39 Å². The molecule has 1 amide bonds. The number of nitrogens with zero attached hydrogens (tertiary/aromatic N) is 1. The number of nitrogens with one attached hydrogen (secondary N) is 1. The smallest absolute Gasteiger partial charge is 0.240 e. The summed E-state index contributed by atoms with van der Waals surface area (Å²) in [4.78, 5) is 28.6. The predicted octanol–water partition coefficient (Wildman–Crippen LogP) is 1.11. The molecule has 32 heavy (non-hydrogen) atoms. The number of quaternary nitrogens is 1. The first kappa shape index (κ1) is 21.6. The summed E-state index contributed by atoms with van der Waals surface area (Å²) in [6, 6.07) is 11.4. The van der Waals surface area contributed by atoms with Gasteiger partial charge in [-0.2, -0.15) is 0 Å². The molecule has 1 aliphatic heterocycles. The largest absolute Gasteiger partial charge is 0.868 e. The predicted molar refractivity (Wildman–Crippen MR) is 113 cm³/mol. The maximum Gasteiger partial charge on any atom is 0.240 e. The second kappa shape index (κ2) is 8.47. The van der Waals surface area contributed by atoms with E-state index in [1.807, 2.05) is 14.1 Å². The zero-order valence-corrected chi connectivity index (χ0v) is 18.0. The number of carbonyl (C=O) groups is 2. The Morgan fingerprint density at radius 2 is 1.97 bits per heavy atom. The molecule has 0 bridgehead atoms. The number of likely N-dealkylation sites (N-methyl/N-ethyl adjacent to an activating group) is 1. The first-order chi connectivity index (χ1) is 15.3. The minimum absolute atomic E-state index is 0.0949. The van der Waals surface area contributed by atoms with Crippen molar-refractivity contribution in [2.45, 2.75) is 6.04 Å². The Bertz CT molecular complexity index is 1230. The summed E-state index contributed by atoms with van der Waals surface area (Å²) in [5.74, 6) is -2.78. The summed E-state index contributed by atoms with van der Waals surface area (Å²) in [6.45, 7) is 0.712. The zero-order valence-electron chi connectivity index (χ0n) is 18.0. The highest BCUT2D eigenvalue weighted by atomic mass is 19.1. The van der Waals surface area contributed by atoms with E-state index < -0.39 is 29.3 Å². The maximum atomic E-state index is 14.8. The van der Waals surface area contributed by atoms with Gasteiger partial charge in [-0.05, 0) is 24.0 Å². The van der Waals surface area contributed by atoms with Crippen molar-refractivity contribution in [3.05, 3.63) is 77.0 Å². The molecule has 1 atom stereocenters. The van der Waals surface area contributed by atoms with Crippen molar-refractivity contribution in [3.63, 3.8) is 0 Å². The van der Waals surface area contributed by atoms with Crippen LogP contribution in [0.2, 0.25) is 0 Å². The van der Waals surface area contributed by atoms with E-state index in [4.69, 9.17) is 9.15 Å². The van der Waals surface area contributed by atoms with Gasteiger partial charge in [-0.25, -0.2) is 4.39 Å². The molecule has 0 spiro atoms. The first-order valence-corrected chi connectivity index (χ1v) is 10.2. The molecule has 7 nitrogen and oxygen atoms in total. The van der Waals surface area contributed by atoms with Crippen molar-refractivity contribution in [1.29, 1.82) is 0 Å². The lowest BCUT2D eigenvalue weighted by Crippen LogP contribution is -3.06. The molecular formula is C24H23FN2O5. The van der Waals surface area contributed by atoms with Crippen molar-refractivity contribution in [2.24, 2.45) is 0 Å². The topological polar surface area (TPSA) is 87.2 Å². The Hall–Kier alpha value is -3.65. The van der Waals surface area contributed by atoms with Gasteiger partial charge in [-0.1, -0.05) is 30.3 Å². The number of halogens is 1. The van der Waals surface area contributed by atoms with E-state index in [2.05, 4.69) is 0 Å². The second-order valence-corrected chi connectivity index (χ2v) is 7.94. The number of para-hydroxylation sites is 1. The van der Waals surface area contributed by atoms with Crippen LogP contribution in [0.3, 0.4) is 0 Å². The third-order valence-corrected chi connectivity index (χ3v) is 5.53. The van der Waals surface area contributed by atoms with E-state index in [-0.39, 0.29) is 23.4 Å². The third-order valence-electron chi connectivity index (χ3n) is 5.53. The van der Waals surface area contributed by atoms with Gasteiger partial charge < -0.3 is 24.1 Å². The fourth-order valence-corrected chi connectivity index (χ4v) is 3.91. The third kappa shape index (κ3) is 3.62. The van der Waals surface area contributed by atoms with Gasteiger partial charge in [0.05, 0.1) is 40.3 Å². The lowest BCUT2D eigenvalue weighted by atomic mass is 9.94. The molecule has 0 aliphatic carbocycles. The number of fused-ring (bicyclic) bond motifs is 1. The molecule has 0 fully saturated rings. The molecule has 8 heteroatoms. The van der Waals surface area contributed by atoms with Crippen LogP contribution in [0.25, 0.3) is 11.0 Å². The summed E-state index contributed by atoms with van der Waals surface area (Å²) < 4.78 is 25.7. The number of ketones is 1. The lowest BCUT2D eigenvalue weighted by molar-refractivity contribution is -0.857. The second-order valence-electron chi connectivity index (χ2n) is 7.94. The van der Waals surface area contributed by atoms with Crippen molar-refractivity contribution in [2.75, 3.05) is 34.3 Å². The van der Waals surface area contributed by atoms with E-state index in [9.17, 15) is 19.1 Å². The molecule has 2 heterocycles. The van der Waals surface area contributed by atoms with Crippen LogP contribution < -0.4 is 14.7 Å².